The number of hydrogen-bond acceptors (Lipinski definition) is 0. The summed E-state index contributed by atoms with van der Waals surface area (Å²) in [6.07, 6.45) is 3.07. The first kappa shape index (κ1) is 6.69. The first-order chi connectivity index (χ1) is 4.70. The highest BCUT2D eigenvalue weighted by molar-refractivity contribution is 4.95. The van der Waals surface area contributed by atoms with E-state index in [-0.39, 0.29) is 0 Å². The minimum Gasteiger partial charge on any atom is -0.0622 e. The third kappa shape index (κ3) is 0.681. The third-order valence-electron chi connectivity index (χ3n) is 4.23. The molecule has 0 aliphatic heterocycles. The molecule has 0 nitrogen and oxygen atoms in total. The van der Waals surface area contributed by atoms with Crippen molar-refractivity contribution in [1.29, 1.82) is 0 Å². The Morgan fingerprint density at radius 2 is 1.60 bits per heavy atom. The van der Waals surface area contributed by atoms with E-state index in [1.165, 1.54) is 6.42 Å². The molecule has 0 radical (unpaired) electrons. The molecule has 2 aliphatic rings. The molecular formula is C10H18. The van der Waals surface area contributed by atoms with E-state index < -0.39 is 0 Å². The molecule has 2 unspecified atom stereocenters. The highest BCUT2D eigenvalue weighted by Crippen LogP contribution is 2.54. The van der Waals surface area contributed by atoms with Gasteiger partial charge in [-0.25, -0.2) is 0 Å². The molecule has 0 aromatic carbocycles. The first-order valence-corrected chi connectivity index (χ1v) is 4.70. The maximum absolute atomic E-state index is 2.45. The zero-order valence-electron chi connectivity index (χ0n) is 7.30. The molecular weight excluding hydrogens is 120 g/mol. The van der Waals surface area contributed by atoms with Crippen molar-refractivity contribution in [2.24, 2.45) is 29.6 Å². The first-order valence-electron chi connectivity index (χ1n) is 4.70. The summed E-state index contributed by atoms with van der Waals surface area (Å²) < 4.78 is 0. The molecule has 58 valence electrons. The van der Waals surface area contributed by atoms with E-state index in [0.29, 0.717) is 0 Å². The lowest BCUT2D eigenvalue weighted by molar-refractivity contribution is 0.201. The largest absolute Gasteiger partial charge is 0.0622 e. The lowest BCUT2D eigenvalue weighted by Gasteiger charge is -2.29. The van der Waals surface area contributed by atoms with Crippen LogP contribution in [-0.2, 0) is 0 Å². The summed E-state index contributed by atoms with van der Waals surface area (Å²) in [6, 6.07) is 0. The lowest BCUT2D eigenvalue weighted by atomic mass is 9.77. The van der Waals surface area contributed by atoms with Crippen LogP contribution in [-0.4, -0.2) is 0 Å². The molecule has 10 heavy (non-hydrogen) atoms. The predicted octanol–water partition coefficient (Wildman–Crippen LogP) is 2.93. The fourth-order valence-corrected chi connectivity index (χ4v) is 3.31. The van der Waals surface area contributed by atoms with E-state index in [9.17, 15) is 0 Å². The van der Waals surface area contributed by atoms with Gasteiger partial charge < -0.3 is 0 Å². The van der Waals surface area contributed by atoms with Gasteiger partial charge in [-0.2, -0.15) is 0 Å². The quantitative estimate of drug-likeness (QED) is 0.483. The van der Waals surface area contributed by atoms with Crippen molar-refractivity contribution in [3.05, 3.63) is 0 Å². The molecule has 2 fully saturated rings. The van der Waals surface area contributed by atoms with Crippen LogP contribution in [0.4, 0.5) is 0 Å². The van der Waals surface area contributed by atoms with Gasteiger partial charge in [0.05, 0.1) is 0 Å². The molecule has 0 heterocycles. The van der Waals surface area contributed by atoms with Crippen LogP contribution in [0, 0.1) is 29.6 Å². The van der Waals surface area contributed by atoms with Crippen LogP contribution in [0.2, 0.25) is 0 Å². The van der Waals surface area contributed by atoms with Crippen molar-refractivity contribution in [1.82, 2.24) is 0 Å². The van der Waals surface area contributed by atoms with Crippen LogP contribution in [0.3, 0.4) is 0 Å². The third-order valence-corrected chi connectivity index (χ3v) is 4.23. The van der Waals surface area contributed by atoms with Crippen molar-refractivity contribution in [2.75, 3.05) is 0 Å². The molecule has 2 saturated carbocycles. The predicted molar refractivity (Wildman–Crippen MR) is 43.7 cm³/mol. The Bertz CT molecular complexity index is 137. The van der Waals surface area contributed by atoms with Crippen LogP contribution in [0.1, 0.15) is 33.6 Å². The van der Waals surface area contributed by atoms with Crippen LogP contribution < -0.4 is 0 Å². The second-order valence-corrected chi connectivity index (χ2v) is 4.59. The molecule has 0 aromatic heterocycles. The second-order valence-electron chi connectivity index (χ2n) is 4.59. The molecule has 0 saturated heterocycles. The van der Waals surface area contributed by atoms with Crippen molar-refractivity contribution in [2.45, 2.75) is 33.6 Å². The molecule has 2 rings (SSSR count). The molecule has 0 heteroatoms. The van der Waals surface area contributed by atoms with Gasteiger partial charge in [-0.15, -0.1) is 0 Å². The number of hydrogen-bond donors (Lipinski definition) is 0. The molecule has 0 amide bonds. The van der Waals surface area contributed by atoms with Crippen LogP contribution in [0.15, 0.2) is 0 Å². The molecule has 2 aliphatic carbocycles. The summed E-state index contributed by atoms with van der Waals surface area (Å²) in [5.41, 5.74) is 0. The zero-order chi connectivity index (χ0) is 7.30. The van der Waals surface area contributed by atoms with Gasteiger partial charge in [0.2, 0.25) is 0 Å². The molecule has 2 bridgehead atoms. The van der Waals surface area contributed by atoms with Gasteiger partial charge in [-0.3, -0.25) is 0 Å². The Hall–Kier alpha value is 0. The van der Waals surface area contributed by atoms with Crippen molar-refractivity contribution >= 4 is 0 Å². The Labute approximate surface area is 64.0 Å². The summed E-state index contributed by atoms with van der Waals surface area (Å²) in [5, 5.41) is 0. The molecule has 5 atom stereocenters. The monoisotopic (exact) mass is 138 g/mol. The van der Waals surface area contributed by atoms with Gasteiger partial charge in [0.25, 0.3) is 0 Å². The average Bonchev–Trinajstić information content (AvgIpc) is 2.36. The van der Waals surface area contributed by atoms with Crippen molar-refractivity contribution < 1.29 is 0 Å². The average molecular weight is 138 g/mol. The van der Waals surface area contributed by atoms with Gasteiger partial charge in [0.1, 0.15) is 0 Å². The Morgan fingerprint density at radius 1 is 0.900 bits per heavy atom. The van der Waals surface area contributed by atoms with Gasteiger partial charge in [0, 0.05) is 0 Å². The number of fused-ring (bicyclic) bond motifs is 2. The van der Waals surface area contributed by atoms with E-state index in [1.807, 2.05) is 0 Å². The highest BCUT2D eigenvalue weighted by Gasteiger charge is 2.46. The second kappa shape index (κ2) is 1.99. The Morgan fingerprint density at radius 3 is 2.00 bits per heavy atom. The summed E-state index contributed by atoms with van der Waals surface area (Å²) >= 11 is 0. The van der Waals surface area contributed by atoms with Gasteiger partial charge in [-0.05, 0) is 42.4 Å². The van der Waals surface area contributed by atoms with Crippen LogP contribution >= 0.6 is 0 Å². The van der Waals surface area contributed by atoms with Gasteiger partial charge in [0.15, 0.2) is 0 Å². The van der Waals surface area contributed by atoms with Gasteiger partial charge in [-0.1, -0.05) is 20.8 Å². The summed E-state index contributed by atoms with van der Waals surface area (Å²) in [5.74, 6) is 5.26. The molecule has 0 N–H and O–H groups in total. The fourth-order valence-electron chi connectivity index (χ4n) is 3.31. The van der Waals surface area contributed by atoms with E-state index in [2.05, 4.69) is 20.8 Å². The van der Waals surface area contributed by atoms with E-state index in [1.54, 1.807) is 6.42 Å². The topological polar surface area (TPSA) is 0 Å². The number of rotatable bonds is 0. The Balaban J connectivity index is 2.16. The highest BCUT2D eigenvalue weighted by atomic mass is 14.5. The normalized spacial score (nSPS) is 59.7. The van der Waals surface area contributed by atoms with E-state index in [4.69, 9.17) is 0 Å². The summed E-state index contributed by atoms with van der Waals surface area (Å²) in [4.78, 5) is 0. The lowest BCUT2D eigenvalue weighted by Crippen LogP contribution is -2.22. The van der Waals surface area contributed by atoms with Crippen molar-refractivity contribution in [3.8, 4) is 0 Å². The minimum atomic E-state index is 1.02. The Kier molecular flexibility index (Phi) is 1.33. The summed E-state index contributed by atoms with van der Waals surface area (Å²) in [6.45, 7) is 7.33. The van der Waals surface area contributed by atoms with Crippen molar-refractivity contribution in [3.63, 3.8) is 0 Å². The van der Waals surface area contributed by atoms with Crippen LogP contribution in [0.25, 0.3) is 0 Å². The minimum absolute atomic E-state index is 1.02. The summed E-state index contributed by atoms with van der Waals surface area (Å²) in [7, 11) is 0. The molecule has 0 aromatic rings. The zero-order valence-corrected chi connectivity index (χ0v) is 7.30. The van der Waals surface area contributed by atoms with Gasteiger partial charge >= 0.3 is 0 Å². The SMILES string of the molecule is C[C@@H]1CC2CC1[C@H](C)[C@@H]2C. The van der Waals surface area contributed by atoms with Crippen LogP contribution in [0.5, 0.6) is 0 Å². The maximum Gasteiger partial charge on any atom is -0.0357 e. The van der Waals surface area contributed by atoms with E-state index in [0.717, 1.165) is 29.6 Å². The molecule has 0 spiro atoms. The van der Waals surface area contributed by atoms with E-state index >= 15 is 0 Å². The fraction of sp³-hybridized carbons (Fsp3) is 1.00. The standard InChI is InChI=1S/C10H18/c1-6-4-9-5-10(6)8(3)7(9)2/h6-10H,4-5H2,1-3H3/t6-,7+,8-,9?,10?/m1/s1. The smallest absolute Gasteiger partial charge is 0.0357 e. The maximum atomic E-state index is 2.45.